The predicted octanol–water partition coefficient (Wildman–Crippen LogP) is 4.51. The first-order chi connectivity index (χ1) is 13.9. The number of amides is 1. The number of ether oxygens (including phenoxy) is 1. The lowest BCUT2D eigenvalue weighted by Crippen LogP contribution is -2.36. The van der Waals surface area contributed by atoms with Crippen LogP contribution < -0.4 is 11.1 Å². The maximum absolute atomic E-state index is 14.9. The molecule has 0 radical (unpaired) electrons. The van der Waals surface area contributed by atoms with E-state index in [1.807, 2.05) is 6.92 Å². The van der Waals surface area contributed by atoms with Gasteiger partial charge in [-0.15, -0.1) is 0 Å². The maximum Gasteiger partial charge on any atom is 0.288 e. The van der Waals surface area contributed by atoms with Crippen LogP contribution in [0.2, 0.25) is 5.02 Å². The maximum atomic E-state index is 14.9. The number of aliphatic imine (C=N–C) groups is 1. The normalized spacial score (nSPS) is 21.1. The Kier molecular flexibility index (Phi) is 5.00. The Morgan fingerprint density at radius 1 is 1.28 bits per heavy atom. The first-order valence-corrected chi connectivity index (χ1v) is 9.73. The summed E-state index contributed by atoms with van der Waals surface area (Å²) in [6, 6.07) is 7.52. The van der Waals surface area contributed by atoms with Gasteiger partial charge in [-0.3, -0.25) is 4.79 Å². The molecule has 0 saturated heterocycles. The Hall–Kier alpha value is -2.93. The second-order valence-corrected chi connectivity index (χ2v) is 7.68. The molecule has 150 valence electrons. The van der Waals surface area contributed by atoms with Gasteiger partial charge in [-0.05, 0) is 56.5 Å². The van der Waals surface area contributed by atoms with Gasteiger partial charge in [0, 0.05) is 29.4 Å². The number of allylic oxidation sites excluding steroid dienone is 1. The van der Waals surface area contributed by atoms with Crippen LogP contribution in [0.1, 0.15) is 48.7 Å². The van der Waals surface area contributed by atoms with Gasteiger partial charge in [0.15, 0.2) is 0 Å². The molecule has 1 amide bonds. The van der Waals surface area contributed by atoms with Crippen LogP contribution in [0.4, 0.5) is 10.1 Å². The molecular formula is C21H20ClFN4O2. The van der Waals surface area contributed by atoms with Crippen molar-refractivity contribution in [2.45, 2.75) is 38.1 Å². The van der Waals surface area contributed by atoms with E-state index in [0.29, 0.717) is 16.3 Å². The highest BCUT2D eigenvalue weighted by Gasteiger charge is 2.40. The highest BCUT2D eigenvalue weighted by Crippen LogP contribution is 2.45. The molecule has 4 rings (SSSR count). The number of pyridine rings is 1. The molecule has 1 aromatic heterocycles. The summed E-state index contributed by atoms with van der Waals surface area (Å²) in [6.45, 7) is 1.83. The minimum Gasteiger partial charge on any atom is -0.431 e. The van der Waals surface area contributed by atoms with Gasteiger partial charge >= 0.3 is 0 Å². The zero-order chi connectivity index (χ0) is 20.6. The summed E-state index contributed by atoms with van der Waals surface area (Å²) >= 11 is 5.81. The van der Waals surface area contributed by atoms with Crippen molar-refractivity contribution in [1.82, 2.24) is 4.98 Å². The number of anilines is 1. The van der Waals surface area contributed by atoms with Crippen molar-refractivity contribution >= 4 is 29.2 Å². The van der Waals surface area contributed by atoms with Crippen molar-refractivity contribution in [2.75, 3.05) is 5.32 Å². The predicted molar refractivity (Wildman–Crippen MR) is 109 cm³/mol. The summed E-state index contributed by atoms with van der Waals surface area (Å²) in [4.78, 5) is 20.9. The number of rotatable bonds is 3. The van der Waals surface area contributed by atoms with E-state index in [1.165, 1.54) is 24.4 Å². The van der Waals surface area contributed by atoms with Crippen LogP contribution >= 0.6 is 11.6 Å². The topological polar surface area (TPSA) is 89.6 Å². The van der Waals surface area contributed by atoms with Gasteiger partial charge < -0.3 is 15.8 Å². The van der Waals surface area contributed by atoms with Crippen molar-refractivity contribution < 1.29 is 13.9 Å². The fourth-order valence-electron chi connectivity index (χ4n) is 3.85. The number of amidine groups is 1. The molecule has 2 heterocycles. The summed E-state index contributed by atoms with van der Waals surface area (Å²) < 4.78 is 20.5. The van der Waals surface area contributed by atoms with Crippen molar-refractivity contribution in [3.63, 3.8) is 0 Å². The second-order valence-electron chi connectivity index (χ2n) is 7.24. The summed E-state index contributed by atoms with van der Waals surface area (Å²) in [5.74, 6) is -0.0756. The number of carbonyl (C=O) groups excluding carboxylic acids is 1. The molecule has 1 aromatic carbocycles. The number of nitrogens with one attached hydrogen (secondary N) is 1. The van der Waals surface area contributed by atoms with Gasteiger partial charge in [0.05, 0.1) is 5.02 Å². The van der Waals surface area contributed by atoms with E-state index in [0.717, 1.165) is 37.0 Å². The van der Waals surface area contributed by atoms with E-state index in [1.54, 1.807) is 12.1 Å². The first kappa shape index (κ1) is 19.4. The largest absolute Gasteiger partial charge is 0.431 e. The molecule has 1 aliphatic heterocycles. The van der Waals surface area contributed by atoms with Crippen LogP contribution in [0.25, 0.3) is 0 Å². The summed E-state index contributed by atoms with van der Waals surface area (Å²) in [7, 11) is 0. The Bertz CT molecular complexity index is 1040. The van der Waals surface area contributed by atoms with Gasteiger partial charge in [0.25, 0.3) is 11.9 Å². The van der Waals surface area contributed by atoms with Crippen molar-refractivity contribution in [2.24, 2.45) is 10.7 Å². The van der Waals surface area contributed by atoms with Crippen LogP contribution in [0.5, 0.6) is 0 Å². The Labute approximate surface area is 172 Å². The van der Waals surface area contributed by atoms with Crippen LogP contribution in [0.3, 0.4) is 0 Å². The highest BCUT2D eigenvalue weighted by molar-refractivity contribution is 6.30. The molecule has 8 heteroatoms. The number of carbonyl (C=O) groups is 1. The fraction of sp³-hybridized carbons (Fsp3) is 0.286. The van der Waals surface area contributed by atoms with Crippen LogP contribution in [0.15, 0.2) is 52.9 Å². The number of nitrogens with zero attached hydrogens (tertiary/aromatic N) is 2. The lowest BCUT2D eigenvalue weighted by Gasteiger charge is -2.37. The lowest BCUT2D eigenvalue weighted by molar-refractivity contribution is 0.102. The van der Waals surface area contributed by atoms with Crippen LogP contribution in [-0.4, -0.2) is 16.9 Å². The lowest BCUT2D eigenvalue weighted by atomic mass is 9.78. The number of hydrogen-bond donors (Lipinski definition) is 2. The third-order valence-electron chi connectivity index (χ3n) is 5.28. The average Bonchev–Trinajstić information content (AvgIpc) is 2.69. The van der Waals surface area contributed by atoms with Crippen LogP contribution in [0, 0.1) is 5.82 Å². The quantitative estimate of drug-likeness (QED) is 0.772. The van der Waals surface area contributed by atoms with Crippen LogP contribution in [-0.2, 0) is 10.3 Å². The SMILES string of the molecule is CC1(c2cc(NC(=O)c3ccc(Cl)cn3)ccc2F)N=C(N)OC2=C1CCCC2. The van der Waals surface area contributed by atoms with Crippen molar-refractivity contribution in [3.05, 3.63) is 70.0 Å². The molecular weight excluding hydrogens is 395 g/mol. The van der Waals surface area contributed by atoms with Gasteiger partial charge in [-0.25, -0.2) is 14.4 Å². The molecule has 0 saturated carbocycles. The number of benzene rings is 1. The molecule has 1 atom stereocenters. The minimum atomic E-state index is -0.985. The van der Waals surface area contributed by atoms with E-state index < -0.39 is 17.3 Å². The Morgan fingerprint density at radius 2 is 2.07 bits per heavy atom. The van der Waals surface area contributed by atoms with Gasteiger partial charge in [0.2, 0.25) is 0 Å². The number of halogens is 2. The summed E-state index contributed by atoms with van der Waals surface area (Å²) in [5, 5.41) is 3.18. The Morgan fingerprint density at radius 3 is 2.83 bits per heavy atom. The van der Waals surface area contributed by atoms with Crippen molar-refractivity contribution in [1.29, 1.82) is 0 Å². The molecule has 0 bridgehead atoms. The molecule has 2 aliphatic rings. The zero-order valence-electron chi connectivity index (χ0n) is 15.8. The molecule has 0 fully saturated rings. The third-order valence-corrected chi connectivity index (χ3v) is 5.50. The first-order valence-electron chi connectivity index (χ1n) is 9.35. The van der Waals surface area contributed by atoms with Crippen molar-refractivity contribution in [3.8, 4) is 0 Å². The molecule has 29 heavy (non-hydrogen) atoms. The fourth-order valence-corrected chi connectivity index (χ4v) is 3.96. The van der Waals surface area contributed by atoms with E-state index >= 15 is 0 Å². The average molecular weight is 415 g/mol. The molecule has 2 aromatic rings. The number of nitrogens with two attached hydrogens (primary N) is 1. The standard InChI is InChI=1S/C21H20ClFN4O2/c1-21(14-4-2-3-5-18(14)29-20(24)27-21)15-10-13(7-8-16(15)23)26-19(28)17-9-6-12(22)11-25-17/h6-11H,2-5H2,1H3,(H2,24,27)(H,26,28). The summed E-state index contributed by atoms with van der Waals surface area (Å²) in [5.41, 5.74) is 6.81. The van der Waals surface area contributed by atoms with E-state index in [-0.39, 0.29) is 11.7 Å². The molecule has 0 spiro atoms. The monoisotopic (exact) mass is 414 g/mol. The molecule has 3 N–H and O–H groups in total. The number of hydrogen-bond acceptors (Lipinski definition) is 5. The minimum absolute atomic E-state index is 0.0207. The van der Waals surface area contributed by atoms with E-state index in [2.05, 4.69) is 15.3 Å². The smallest absolute Gasteiger partial charge is 0.288 e. The van der Waals surface area contributed by atoms with E-state index in [9.17, 15) is 9.18 Å². The highest BCUT2D eigenvalue weighted by atomic mass is 35.5. The van der Waals surface area contributed by atoms with Gasteiger partial charge in [-0.1, -0.05) is 11.6 Å². The molecule has 1 aliphatic carbocycles. The third kappa shape index (κ3) is 3.70. The van der Waals surface area contributed by atoms with Gasteiger partial charge in [-0.2, -0.15) is 0 Å². The van der Waals surface area contributed by atoms with Gasteiger partial charge in [0.1, 0.15) is 22.8 Å². The van der Waals surface area contributed by atoms with E-state index in [4.69, 9.17) is 22.1 Å². The molecule has 1 unspecified atom stereocenters. The summed E-state index contributed by atoms with van der Waals surface area (Å²) in [6.07, 6.45) is 4.88. The number of aromatic nitrogens is 1. The zero-order valence-corrected chi connectivity index (χ0v) is 16.6. The molecule has 6 nitrogen and oxygen atoms in total. The second kappa shape index (κ2) is 7.48. The Balaban J connectivity index is 1.69.